The summed E-state index contributed by atoms with van der Waals surface area (Å²) in [5.74, 6) is -0.0339. The van der Waals surface area contributed by atoms with E-state index in [2.05, 4.69) is 0 Å². The molecule has 0 atom stereocenters. The second kappa shape index (κ2) is 15.6. The minimum Gasteiger partial charge on any atom is -0.288 e. The zero-order chi connectivity index (χ0) is 27.4. The Balaban J connectivity index is 0.000000283. The Bertz CT molecular complexity index is 1020. The van der Waals surface area contributed by atoms with E-state index < -0.39 is 0 Å². The summed E-state index contributed by atoms with van der Waals surface area (Å²) in [6, 6.07) is 6.90. The first kappa shape index (κ1) is 31.5. The summed E-state index contributed by atoms with van der Waals surface area (Å²) in [6.45, 7) is 16.0. The van der Waals surface area contributed by atoms with Gasteiger partial charge >= 0.3 is 0 Å². The number of thiophene rings is 4. The van der Waals surface area contributed by atoms with Gasteiger partial charge in [0.25, 0.3) is 0 Å². The number of hydrogen-bond acceptors (Lipinski definition) is 8. The molecule has 0 aromatic carbocycles. The lowest BCUT2D eigenvalue weighted by molar-refractivity contribution is 0.0986. The van der Waals surface area contributed by atoms with Crippen molar-refractivity contribution in [1.29, 1.82) is 0 Å². The van der Waals surface area contributed by atoms with Crippen LogP contribution in [0.15, 0.2) is 45.8 Å². The topological polar surface area (TPSA) is 68.3 Å². The number of fused-ring (bicyclic) bond motifs is 4. The highest BCUT2D eigenvalue weighted by molar-refractivity contribution is 7.17. The van der Waals surface area contributed by atoms with Gasteiger partial charge in [-0.2, -0.15) is 0 Å². The molecular weight excluding hydrogens is 529 g/mol. The molecule has 0 fully saturated rings. The van der Waals surface area contributed by atoms with Gasteiger partial charge in [0.1, 0.15) is 0 Å². The number of ketones is 4. The maximum atomic E-state index is 11.8. The molecule has 0 amide bonds. The third-order valence-corrected chi connectivity index (χ3v) is 8.12. The number of carbonyl (C=O) groups is 4. The van der Waals surface area contributed by atoms with E-state index >= 15 is 0 Å². The molecule has 192 valence electrons. The van der Waals surface area contributed by atoms with E-state index in [4.69, 9.17) is 0 Å². The monoisotopic (exact) mass is 560 g/mol. The summed E-state index contributed by atoms with van der Waals surface area (Å²) >= 11 is 5.36. The van der Waals surface area contributed by atoms with Crippen LogP contribution in [-0.2, 0) is 0 Å². The Morgan fingerprint density at radius 2 is 0.583 bits per heavy atom. The molecule has 4 aromatic rings. The zero-order valence-corrected chi connectivity index (χ0v) is 25.2. The molecule has 0 bridgehead atoms. The van der Waals surface area contributed by atoms with Crippen LogP contribution in [0.4, 0.5) is 0 Å². The molecule has 0 unspecified atom stereocenters. The average Bonchev–Trinajstić information content (AvgIpc) is 3.76. The maximum Gasteiger partial charge on any atom is 0.214 e. The largest absolute Gasteiger partial charge is 0.288 e. The van der Waals surface area contributed by atoms with Crippen molar-refractivity contribution in [3.63, 3.8) is 0 Å². The van der Waals surface area contributed by atoms with E-state index in [-0.39, 0.29) is 23.1 Å². The number of hydrogen-bond donors (Lipinski definition) is 0. The third kappa shape index (κ3) is 6.06. The van der Waals surface area contributed by atoms with Crippen molar-refractivity contribution < 1.29 is 19.2 Å². The van der Waals surface area contributed by atoms with Crippen LogP contribution in [0.3, 0.4) is 0 Å². The van der Waals surface area contributed by atoms with Gasteiger partial charge in [0.05, 0.1) is 19.5 Å². The Kier molecular flexibility index (Phi) is 13.6. The van der Waals surface area contributed by atoms with Gasteiger partial charge in [0.15, 0.2) is 5.78 Å². The van der Waals surface area contributed by atoms with E-state index in [1.165, 1.54) is 45.3 Å². The van der Waals surface area contributed by atoms with E-state index in [0.29, 0.717) is 41.8 Å². The lowest BCUT2D eigenvalue weighted by atomic mass is 9.96. The van der Waals surface area contributed by atoms with Gasteiger partial charge in [0, 0.05) is 22.3 Å². The van der Waals surface area contributed by atoms with E-state index in [0.717, 1.165) is 0 Å². The van der Waals surface area contributed by atoms with Crippen molar-refractivity contribution in [1.82, 2.24) is 0 Å². The number of rotatable bonds is 0. The highest BCUT2D eigenvalue weighted by Gasteiger charge is 2.32. The molecule has 4 nitrogen and oxygen atoms in total. The van der Waals surface area contributed by atoms with Crippen LogP contribution < -0.4 is 0 Å². The maximum absolute atomic E-state index is 11.8. The fraction of sp³-hybridized carbons (Fsp3) is 0.286. The quantitative estimate of drug-likeness (QED) is 0.186. The highest BCUT2D eigenvalue weighted by atomic mass is 32.1. The van der Waals surface area contributed by atoms with Crippen LogP contribution in [0.2, 0.25) is 0 Å². The summed E-state index contributed by atoms with van der Waals surface area (Å²) in [5, 5.41) is 7.15. The van der Waals surface area contributed by atoms with Crippen molar-refractivity contribution in [3.05, 3.63) is 87.5 Å². The first-order valence-electron chi connectivity index (χ1n) is 12.1. The zero-order valence-electron chi connectivity index (χ0n) is 21.9. The molecule has 0 N–H and O–H groups in total. The molecule has 4 aromatic heterocycles. The summed E-state index contributed by atoms with van der Waals surface area (Å²) in [6.07, 6.45) is 0. The Morgan fingerprint density at radius 3 is 0.861 bits per heavy atom. The van der Waals surface area contributed by atoms with Crippen molar-refractivity contribution >= 4 is 68.5 Å². The predicted molar refractivity (Wildman–Crippen MR) is 156 cm³/mol. The van der Waals surface area contributed by atoms with Crippen LogP contribution in [0, 0.1) is 0 Å². The lowest BCUT2D eigenvalue weighted by Crippen LogP contribution is -2.15. The van der Waals surface area contributed by atoms with Crippen molar-refractivity contribution in [2.75, 3.05) is 0 Å². The molecule has 0 radical (unpaired) electrons. The molecule has 36 heavy (non-hydrogen) atoms. The van der Waals surface area contributed by atoms with Crippen LogP contribution in [0.5, 0.6) is 0 Å². The molecule has 0 spiro atoms. The predicted octanol–water partition coefficient (Wildman–Crippen LogP) is 9.27. The molecule has 6 rings (SSSR count). The van der Waals surface area contributed by atoms with E-state index in [9.17, 15) is 19.2 Å². The molecule has 0 aliphatic heterocycles. The summed E-state index contributed by atoms with van der Waals surface area (Å²) in [5.41, 5.74) is 2.25. The second-order valence-corrected chi connectivity index (χ2v) is 9.63. The fourth-order valence-electron chi connectivity index (χ4n) is 3.15. The molecular formula is C28H32O4S4. The van der Waals surface area contributed by atoms with Gasteiger partial charge in [-0.25, -0.2) is 0 Å². The first-order valence-corrected chi connectivity index (χ1v) is 15.6. The molecule has 2 aliphatic rings. The minimum absolute atomic E-state index is 0.000370. The van der Waals surface area contributed by atoms with E-state index in [1.807, 2.05) is 55.4 Å². The van der Waals surface area contributed by atoms with Crippen LogP contribution in [0.1, 0.15) is 116 Å². The van der Waals surface area contributed by atoms with Crippen LogP contribution in [0.25, 0.3) is 0 Å². The van der Waals surface area contributed by atoms with Crippen molar-refractivity contribution in [2.45, 2.75) is 55.4 Å². The standard InChI is InChI=1S/2C10H4O2S2.4C2H6/c11-7-5-1-3-13-9(5)8(12)6-2-4-14-10(6)7;11-7-5-1-3-13-9(5)8(12)10-6(7)2-4-14-10;4*1-2/h2*1-4H;4*1-2H3. The summed E-state index contributed by atoms with van der Waals surface area (Å²) in [7, 11) is 0. The van der Waals surface area contributed by atoms with Gasteiger partial charge in [0.2, 0.25) is 17.3 Å². The third-order valence-electron chi connectivity index (χ3n) is 4.46. The second-order valence-electron chi connectivity index (χ2n) is 5.97. The SMILES string of the molecule is CC.CC.CC.CC.O=C1c2ccsc2C(=O)c2ccsc21.O=C1c2ccsc2C(=O)c2sccc21. The summed E-state index contributed by atoms with van der Waals surface area (Å²) in [4.78, 5) is 49.7. The van der Waals surface area contributed by atoms with Crippen LogP contribution >= 0.6 is 45.3 Å². The van der Waals surface area contributed by atoms with Gasteiger partial charge in [-0.15, -0.1) is 45.3 Å². The molecule has 0 saturated heterocycles. The number of carbonyl (C=O) groups excluding carboxylic acids is 4. The van der Waals surface area contributed by atoms with Gasteiger partial charge < -0.3 is 0 Å². The normalized spacial score (nSPS) is 11.6. The minimum atomic E-state index is -0.0166. The van der Waals surface area contributed by atoms with Crippen molar-refractivity contribution in [3.8, 4) is 0 Å². The first-order chi connectivity index (χ1) is 17.6. The smallest absolute Gasteiger partial charge is 0.214 e. The molecule has 4 heterocycles. The van der Waals surface area contributed by atoms with Gasteiger partial charge in [-0.05, 0) is 45.8 Å². The molecule has 8 heteroatoms. The Labute approximate surface area is 229 Å². The average molecular weight is 561 g/mol. The Morgan fingerprint density at radius 1 is 0.361 bits per heavy atom. The lowest BCUT2D eigenvalue weighted by Gasteiger charge is -2.08. The van der Waals surface area contributed by atoms with Crippen molar-refractivity contribution in [2.24, 2.45) is 0 Å². The van der Waals surface area contributed by atoms with Gasteiger partial charge in [-0.3, -0.25) is 19.2 Å². The molecule has 2 aliphatic carbocycles. The Hall–Kier alpha value is -2.52. The van der Waals surface area contributed by atoms with E-state index in [1.54, 1.807) is 45.8 Å². The highest BCUT2D eigenvalue weighted by Crippen LogP contribution is 2.34. The summed E-state index contributed by atoms with van der Waals surface area (Å²) < 4.78 is 0. The van der Waals surface area contributed by atoms with Gasteiger partial charge in [-0.1, -0.05) is 55.4 Å². The van der Waals surface area contributed by atoms with Crippen LogP contribution in [-0.4, -0.2) is 23.1 Å². The fourth-order valence-corrected chi connectivity index (χ4v) is 6.58. The molecule has 0 saturated carbocycles.